The van der Waals surface area contributed by atoms with Gasteiger partial charge in [0.15, 0.2) is 11.5 Å². The van der Waals surface area contributed by atoms with Crippen LogP contribution in [0.4, 0.5) is 5.82 Å². The van der Waals surface area contributed by atoms with Gasteiger partial charge in [-0.1, -0.05) is 6.42 Å². The molecule has 1 aromatic heterocycles. The summed E-state index contributed by atoms with van der Waals surface area (Å²) in [6.45, 7) is 7.27. The van der Waals surface area contributed by atoms with E-state index in [9.17, 15) is 9.59 Å². The van der Waals surface area contributed by atoms with Gasteiger partial charge in [-0.05, 0) is 25.0 Å². The van der Waals surface area contributed by atoms with Gasteiger partial charge in [0, 0.05) is 58.4 Å². The number of carboxylic acid groups (broad SMARTS) is 1. The minimum Gasteiger partial charge on any atom is -0.476 e. The number of hydrogen-bond acceptors (Lipinski definition) is 7. The second kappa shape index (κ2) is 8.40. The zero-order chi connectivity index (χ0) is 19.5. The van der Waals surface area contributed by atoms with E-state index in [0.29, 0.717) is 12.4 Å². The van der Waals surface area contributed by atoms with Crippen LogP contribution in [0.25, 0.3) is 0 Å². The van der Waals surface area contributed by atoms with E-state index in [1.165, 1.54) is 25.3 Å². The molecule has 2 aliphatic heterocycles. The van der Waals surface area contributed by atoms with Gasteiger partial charge in [0.25, 0.3) is 0 Å². The molecule has 1 N–H and O–H groups in total. The molecule has 3 heterocycles. The number of aromatic carboxylic acids is 1. The minimum atomic E-state index is -1.07. The molecule has 28 heavy (non-hydrogen) atoms. The molecule has 3 fully saturated rings. The van der Waals surface area contributed by atoms with Crippen molar-refractivity contribution in [3.63, 3.8) is 0 Å². The van der Waals surface area contributed by atoms with Crippen LogP contribution in [0.5, 0.6) is 0 Å². The van der Waals surface area contributed by atoms with E-state index in [0.717, 1.165) is 58.4 Å². The molecule has 0 spiro atoms. The monoisotopic (exact) mass is 388 g/mol. The second-order valence-electron chi connectivity index (χ2n) is 7.85. The Balaban J connectivity index is 1.21. The topological polar surface area (TPSA) is 93.1 Å². The van der Waals surface area contributed by atoms with Crippen LogP contribution in [0.3, 0.4) is 0 Å². The van der Waals surface area contributed by atoms with Crippen molar-refractivity contribution in [2.75, 3.05) is 63.8 Å². The molecule has 0 aromatic carbocycles. The largest absolute Gasteiger partial charge is 0.476 e. The van der Waals surface area contributed by atoms with Gasteiger partial charge in [0.1, 0.15) is 0 Å². The average molecular weight is 388 g/mol. The Morgan fingerprint density at radius 1 is 0.964 bits per heavy atom. The van der Waals surface area contributed by atoms with E-state index in [4.69, 9.17) is 5.11 Å². The van der Waals surface area contributed by atoms with Crippen molar-refractivity contribution in [1.29, 1.82) is 0 Å². The summed E-state index contributed by atoms with van der Waals surface area (Å²) in [5.74, 6) is -0.161. The zero-order valence-electron chi connectivity index (χ0n) is 16.2. The Labute approximate surface area is 164 Å². The molecule has 3 aliphatic rings. The molecular weight excluding hydrogens is 360 g/mol. The van der Waals surface area contributed by atoms with Crippen LogP contribution in [-0.2, 0) is 4.79 Å². The number of hydrogen-bond donors (Lipinski definition) is 1. The first-order chi connectivity index (χ1) is 13.6. The maximum absolute atomic E-state index is 12.7. The second-order valence-corrected chi connectivity index (χ2v) is 7.85. The number of aromatic nitrogens is 2. The Kier molecular flexibility index (Phi) is 5.72. The third-order valence-corrected chi connectivity index (χ3v) is 6.18. The first-order valence-corrected chi connectivity index (χ1v) is 10.2. The predicted molar refractivity (Wildman–Crippen MR) is 103 cm³/mol. The molecule has 1 amide bonds. The molecule has 0 atom stereocenters. The third-order valence-electron chi connectivity index (χ3n) is 6.18. The molecule has 1 saturated carbocycles. The van der Waals surface area contributed by atoms with E-state index < -0.39 is 5.97 Å². The average Bonchev–Trinajstić information content (AvgIpc) is 2.68. The molecular formula is C19H28N6O3. The van der Waals surface area contributed by atoms with E-state index in [1.807, 2.05) is 4.90 Å². The van der Waals surface area contributed by atoms with Crippen molar-refractivity contribution in [2.45, 2.75) is 25.3 Å². The first kappa shape index (κ1) is 19.1. The smallest absolute Gasteiger partial charge is 0.356 e. The molecule has 0 bridgehead atoms. The van der Waals surface area contributed by atoms with Gasteiger partial charge >= 0.3 is 5.97 Å². The van der Waals surface area contributed by atoms with Crippen molar-refractivity contribution in [3.05, 3.63) is 17.8 Å². The molecule has 0 radical (unpaired) electrons. The lowest BCUT2D eigenvalue weighted by atomic mass is 9.91. The lowest BCUT2D eigenvalue weighted by molar-refractivity contribution is -0.134. The van der Waals surface area contributed by atoms with Gasteiger partial charge in [-0.25, -0.2) is 4.79 Å². The summed E-state index contributed by atoms with van der Waals surface area (Å²) in [5, 5.41) is 16.7. The number of carbonyl (C=O) groups is 2. The van der Waals surface area contributed by atoms with E-state index >= 15 is 0 Å². The van der Waals surface area contributed by atoms with Gasteiger partial charge in [0.05, 0.1) is 6.54 Å². The molecule has 1 aromatic rings. The normalized spacial score (nSPS) is 22.1. The van der Waals surface area contributed by atoms with Crippen LogP contribution in [0.1, 0.15) is 29.8 Å². The fraction of sp³-hybridized carbons (Fsp3) is 0.684. The van der Waals surface area contributed by atoms with Gasteiger partial charge in [-0.2, -0.15) is 0 Å². The van der Waals surface area contributed by atoms with Crippen molar-refractivity contribution < 1.29 is 14.7 Å². The summed E-state index contributed by atoms with van der Waals surface area (Å²) in [6, 6.07) is 3.93. The van der Waals surface area contributed by atoms with E-state index in [2.05, 4.69) is 24.9 Å². The van der Waals surface area contributed by atoms with Gasteiger partial charge in [-0.15, -0.1) is 10.2 Å². The highest BCUT2D eigenvalue weighted by Gasteiger charge is 2.30. The van der Waals surface area contributed by atoms with Crippen LogP contribution in [0.15, 0.2) is 12.1 Å². The molecule has 1 aliphatic carbocycles. The van der Waals surface area contributed by atoms with Crippen molar-refractivity contribution in [1.82, 2.24) is 24.9 Å². The molecule has 0 unspecified atom stereocenters. The summed E-state index contributed by atoms with van der Waals surface area (Å²) in [7, 11) is 0. The van der Waals surface area contributed by atoms with Gasteiger partial charge in [0.2, 0.25) is 5.91 Å². The highest BCUT2D eigenvalue weighted by atomic mass is 16.4. The van der Waals surface area contributed by atoms with Crippen molar-refractivity contribution in [3.8, 4) is 0 Å². The van der Waals surface area contributed by atoms with Crippen LogP contribution in [0.2, 0.25) is 0 Å². The maximum Gasteiger partial charge on any atom is 0.356 e. The standard InChI is InChI=1S/C19H28N6O3/c26-18(25-12-10-23(11-13-25)15-2-1-3-15)14-22-6-8-24(9-7-22)17-5-4-16(19(27)28)20-21-17/h4-5,15H,1-3,6-14H2,(H,27,28). The zero-order valence-corrected chi connectivity index (χ0v) is 16.2. The van der Waals surface area contributed by atoms with Crippen molar-refractivity contribution in [2.24, 2.45) is 0 Å². The Morgan fingerprint density at radius 2 is 1.68 bits per heavy atom. The summed E-state index contributed by atoms with van der Waals surface area (Å²) in [5.41, 5.74) is -0.0506. The number of amides is 1. The van der Waals surface area contributed by atoms with E-state index in [1.54, 1.807) is 6.07 Å². The number of carboxylic acids is 1. The van der Waals surface area contributed by atoms with Crippen LogP contribution in [-0.4, -0.2) is 107 Å². The molecule has 2 saturated heterocycles. The highest BCUT2D eigenvalue weighted by molar-refractivity contribution is 5.85. The minimum absolute atomic E-state index is 0.0506. The van der Waals surface area contributed by atoms with Crippen LogP contribution in [0, 0.1) is 0 Å². The quantitative estimate of drug-likeness (QED) is 0.753. The summed E-state index contributed by atoms with van der Waals surface area (Å²) < 4.78 is 0. The SMILES string of the molecule is O=C(O)c1ccc(N2CCN(CC(=O)N3CCN(C4CCC4)CC3)CC2)nn1. The Hall–Kier alpha value is -2.26. The number of nitrogens with zero attached hydrogens (tertiary/aromatic N) is 6. The summed E-state index contributed by atoms with van der Waals surface area (Å²) in [4.78, 5) is 32.4. The molecule has 4 rings (SSSR count). The lowest BCUT2D eigenvalue weighted by Crippen LogP contribution is -2.56. The van der Waals surface area contributed by atoms with Gasteiger partial charge in [-0.3, -0.25) is 14.6 Å². The summed E-state index contributed by atoms with van der Waals surface area (Å²) in [6.07, 6.45) is 3.99. The highest BCUT2D eigenvalue weighted by Crippen LogP contribution is 2.25. The lowest BCUT2D eigenvalue weighted by Gasteiger charge is -2.43. The Morgan fingerprint density at radius 3 is 2.21 bits per heavy atom. The number of carbonyl (C=O) groups excluding carboxylic acids is 1. The van der Waals surface area contributed by atoms with Crippen LogP contribution < -0.4 is 4.90 Å². The van der Waals surface area contributed by atoms with Gasteiger partial charge < -0.3 is 14.9 Å². The maximum atomic E-state index is 12.7. The fourth-order valence-electron chi connectivity index (χ4n) is 4.12. The molecule has 9 heteroatoms. The predicted octanol–water partition coefficient (Wildman–Crippen LogP) is -0.00650. The third kappa shape index (κ3) is 4.25. The Bertz CT molecular complexity index is 692. The number of piperazine rings is 2. The summed E-state index contributed by atoms with van der Waals surface area (Å²) >= 11 is 0. The van der Waals surface area contributed by atoms with Crippen LogP contribution >= 0.6 is 0 Å². The van der Waals surface area contributed by atoms with E-state index in [-0.39, 0.29) is 11.6 Å². The number of rotatable bonds is 5. The molecule has 9 nitrogen and oxygen atoms in total. The fourth-order valence-corrected chi connectivity index (χ4v) is 4.12. The number of anilines is 1. The van der Waals surface area contributed by atoms with Crippen molar-refractivity contribution >= 4 is 17.7 Å². The molecule has 152 valence electrons. The first-order valence-electron chi connectivity index (χ1n) is 10.2.